The van der Waals surface area contributed by atoms with Gasteiger partial charge in [0.25, 0.3) is 0 Å². The summed E-state index contributed by atoms with van der Waals surface area (Å²) in [6.07, 6.45) is 6.60. The second kappa shape index (κ2) is 9.96. The van der Waals surface area contributed by atoms with E-state index in [2.05, 4.69) is 0 Å². The van der Waals surface area contributed by atoms with Crippen molar-refractivity contribution in [3.8, 4) is 0 Å². The number of hydrogen-bond acceptors (Lipinski definition) is 3. The Bertz CT molecular complexity index is 96.2. The lowest BCUT2D eigenvalue weighted by atomic mass is 10.1. The first-order valence-electron chi connectivity index (χ1n) is 5.21. The normalized spacial score (nSPS) is 13.2. The van der Waals surface area contributed by atoms with Crippen molar-refractivity contribution in [2.75, 3.05) is 13.2 Å². The summed E-state index contributed by atoms with van der Waals surface area (Å²) >= 11 is 0. The van der Waals surface area contributed by atoms with Gasteiger partial charge in [0, 0.05) is 6.61 Å². The van der Waals surface area contributed by atoms with Gasteiger partial charge in [0.2, 0.25) is 0 Å². The summed E-state index contributed by atoms with van der Waals surface area (Å²) in [7, 11) is 0. The molecule has 0 unspecified atom stereocenters. The summed E-state index contributed by atoms with van der Waals surface area (Å²) in [5.74, 6) is 0. The molecule has 0 radical (unpaired) electrons. The van der Waals surface area contributed by atoms with E-state index in [4.69, 9.17) is 15.3 Å². The van der Waals surface area contributed by atoms with Crippen LogP contribution in [-0.4, -0.2) is 34.6 Å². The summed E-state index contributed by atoms with van der Waals surface area (Å²) in [6, 6.07) is 0. The van der Waals surface area contributed by atoms with Crippen LogP contribution < -0.4 is 0 Å². The van der Waals surface area contributed by atoms with Crippen LogP contribution in [-0.2, 0) is 0 Å². The molecule has 0 aliphatic carbocycles. The molecule has 3 N–H and O–H groups in total. The predicted molar refractivity (Wildman–Crippen MR) is 52.5 cm³/mol. The minimum Gasteiger partial charge on any atom is -0.396 e. The highest BCUT2D eigenvalue weighted by Crippen LogP contribution is 2.08. The van der Waals surface area contributed by atoms with Gasteiger partial charge < -0.3 is 15.3 Å². The van der Waals surface area contributed by atoms with E-state index in [0.717, 1.165) is 38.5 Å². The van der Waals surface area contributed by atoms with Gasteiger partial charge in [-0.05, 0) is 12.8 Å². The molecule has 80 valence electrons. The van der Waals surface area contributed by atoms with Gasteiger partial charge in [0.1, 0.15) is 0 Å². The van der Waals surface area contributed by atoms with E-state index in [-0.39, 0.29) is 6.61 Å². The summed E-state index contributed by atoms with van der Waals surface area (Å²) in [5, 5.41) is 26.1. The number of rotatable bonds is 9. The van der Waals surface area contributed by atoms with E-state index in [1.165, 1.54) is 0 Å². The van der Waals surface area contributed by atoms with Crippen molar-refractivity contribution in [1.82, 2.24) is 0 Å². The Morgan fingerprint density at radius 3 is 1.85 bits per heavy atom. The molecule has 0 saturated heterocycles. The first kappa shape index (κ1) is 12.9. The topological polar surface area (TPSA) is 60.7 Å². The summed E-state index contributed by atoms with van der Waals surface area (Å²) < 4.78 is 0. The summed E-state index contributed by atoms with van der Waals surface area (Å²) in [5.41, 5.74) is 0. The van der Waals surface area contributed by atoms with Gasteiger partial charge in [0.05, 0.1) is 12.7 Å². The SMILES string of the molecule is OCCCCCCCC[C@@H](O)CO. The fourth-order valence-electron chi connectivity index (χ4n) is 1.29. The summed E-state index contributed by atoms with van der Waals surface area (Å²) in [6.45, 7) is 0.174. The molecular formula is C10H22O3. The molecule has 0 aromatic rings. The van der Waals surface area contributed by atoms with E-state index < -0.39 is 6.10 Å². The van der Waals surface area contributed by atoms with E-state index in [1.54, 1.807) is 0 Å². The number of unbranched alkanes of at least 4 members (excludes halogenated alkanes) is 5. The Balaban J connectivity index is 2.91. The van der Waals surface area contributed by atoms with Crippen molar-refractivity contribution in [2.45, 2.75) is 51.0 Å². The van der Waals surface area contributed by atoms with E-state index in [1.807, 2.05) is 0 Å². The number of hydrogen-bond donors (Lipinski definition) is 3. The molecular weight excluding hydrogens is 168 g/mol. The van der Waals surface area contributed by atoms with Crippen molar-refractivity contribution in [1.29, 1.82) is 0 Å². The van der Waals surface area contributed by atoms with Gasteiger partial charge in [-0.1, -0.05) is 32.1 Å². The van der Waals surface area contributed by atoms with E-state index in [9.17, 15) is 0 Å². The van der Waals surface area contributed by atoms with Crippen LogP contribution in [0.25, 0.3) is 0 Å². The summed E-state index contributed by atoms with van der Waals surface area (Å²) in [4.78, 5) is 0. The quantitative estimate of drug-likeness (QED) is 0.476. The van der Waals surface area contributed by atoms with E-state index >= 15 is 0 Å². The predicted octanol–water partition coefficient (Wildman–Crippen LogP) is 1.06. The van der Waals surface area contributed by atoms with Crippen LogP contribution in [0.4, 0.5) is 0 Å². The Hall–Kier alpha value is -0.120. The maximum atomic E-state index is 9.02. The molecule has 0 saturated carbocycles. The number of aliphatic hydroxyl groups is 3. The molecule has 0 aliphatic rings. The largest absolute Gasteiger partial charge is 0.396 e. The van der Waals surface area contributed by atoms with Crippen molar-refractivity contribution >= 4 is 0 Å². The standard InChI is InChI=1S/C10H22O3/c11-8-6-4-2-1-3-5-7-10(13)9-12/h10-13H,1-9H2/t10-/m1/s1. The number of aliphatic hydroxyl groups excluding tert-OH is 3. The minimum absolute atomic E-state index is 0.121. The molecule has 13 heavy (non-hydrogen) atoms. The maximum absolute atomic E-state index is 9.02. The van der Waals surface area contributed by atoms with Crippen molar-refractivity contribution in [3.63, 3.8) is 0 Å². The molecule has 0 aromatic heterocycles. The van der Waals surface area contributed by atoms with Gasteiger partial charge in [-0.2, -0.15) is 0 Å². The lowest BCUT2D eigenvalue weighted by Gasteiger charge is -2.05. The highest BCUT2D eigenvalue weighted by Gasteiger charge is 2.00. The molecule has 0 amide bonds. The highest BCUT2D eigenvalue weighted by molar-refractivity contribution is 4.53. The van der Waals surface area contributed by atoms with Gasteiger partial charge in [0.15, 0.2) is 0 Å². The van der Waals surface area contributed by atoms with Crippen LogP contribution in [0.1, 0.15) is 44.9 Å². The minimum atomic E-state index is -0.530. The lowest BCUT2D eigenvalue weighted by molar-refractivity contribution is 0.0860. The van der Waals surface area contributed by atoms with Gasteiger partial charge >= 0.3 is 0 Å². The second-order valence-electron chi connectivity index (χ2n) is 3.47. The Kier molecular flexibility index (Phi) is 9.87. The first-order chi connectivity index (χ1) is 6.31. The van der Waals surface area contributed by atoms with Crippen molar-refractivity contribution < 1.29 is 15.3 Å². The third-order valence-corrected chi connectivity index (χ3v) is 2.16. The Labute approximate surface area is 80.4 Å². The molecule has 0 aromatic carbocycles. The molecule has 0 spiro atoms. The lowest BCUT2D eigenvalue weighted by Crippen LogP contribution is -2.10. The Morgan fingerprint density at radius 1 is 0.769 bits per heavy atom. The molecule has 1 atom stereocenters. The van der Waals surface area contributed by atoms with E-state index in [0.29, 0.717) is 13.0 Å². The van der Waals surface area contributed by atoms with Crippen LogP contribution in [0.5, 0.6) is 0 Å². The third-order valence-electron chi connectivity index (χ3n) is 2.16. The zero-order valence-corrected chi connectivity index (χ0v) is 8.28. The molecule has 0 aliphatic heterocycles. The molecule has 3 heteroatoms. The van der Waals surface area contributed by atoms with Gasteiger partial charge in [-0.3, -0.25) is 0 Å². The molecule has 0 fully saturated rings. The zero-order chi connectivity index (χ0) is 9.94. The van der Waals surface area contributed by atoms with Crippen LogP contribution in [0.3, 0.4) is 0 Å². The molecule has 0 heterocycles. The fourth-order valence-corrected chi connectivity index (χ4v) is 1.29. The zero-order valence-electron chi connectivity index (χ0n) is 8.28. The first-order valence-corrected chi connectivity index (χ1v) is 5.21. The average molecular weight is 190 g/mol. The third kappa shape index (κ3) is 9.80. The fraction of sp³-hybridized carbons (Fsp3) is 1.00. The monoisotopic (exact) mass is 190 g/mol. The molecule has 0 rings (SSSR count). The van der Waals surface area contributed by atoms with Gasteiger partial charge in [-0.15, -0.1) is 0 Å². The second-order valence-corrected chi connectivity index (χ2v) is 3.47. The highest BCUT2D eigenvalue weighted by atomic mass is 16.3. The van der Waals surface area contributed by atoms with Crippen LogP contribution in [0, 0.1) is 0 Å². The molecule has 0 bridgehead atoms. The Morgan fingerprint density at radius 2 is 1.31 bits per heavy atom. The average Bonchev–Trinajstić information content (AvgIpc) is 2.16. The van der Waals surface area contributed by atoms with Gasteiger partial charge in [-0.25, -0.2) is 0 Å². The van der Waals surface area contributed by atoms with Crippen molar-refractivity contribution in [3.05, 3.63) is 0 Å². The molecule has 3 nitrogen and oxygen atoms in total. The maximum Gasteiger partial charge on any atom is 0.0770 e. The van der Waals surface area contributed by atoms with Crippen LogP contribution in [0.2, 0.25) is 0 Å². The van der Waals surface area contributed by atoms with Crippen LogP contribution >= 0.6 is 0 Å². The smallest absolute Gasteiger partial charge is 0.0770 e. The van der Waals surface area contributed by atoms with Crippen molar-refractivity contribution in [2.24, 2.45) is 0 Å². The van der Waals surface area contributed by atoms with Crippen LogP contribution in [0.15, 0.2) is 0 Å².